The molecule has 1 aliphatic rings. The van der Waals surface area contributed by atoms with Crippen molar-refractivity contribution in [2.24, 2.45) is 0 Å². The first-order chi connectivity index (χ1) is 18.0. The molecule has 0 saturated heterocycles. The van der Waals surface area contributed by atoms with E-state index < -0.39 is 7.12 Å². The van der Waals surface area contributed by atoms with Crippen molar-refractivity contribution in [3.63, 3.8) is 0 Å². The molecule has 0 amide bonds. The molecule has 7 rings (SSSR count). The number of benzene rings is 3. The first-order valence-electron chi connectivity index (χ1n) is 12.0. The van der Waals surface area contributed by atoms with Crippen LogP contribution in [0.2, 0.25) is 0 Å². The quantitative estimate of drug-likeness (QED) is 0.317. The molecule has 6 aromatic rings. The maximum Gasteiger partial charge on any atom is 0.488 e. The number of hydrogen-bond acceptors (Lipinski definition) is 5. The largest absolute Gasteiger partial charge is 0.488 e. The minimum atomic E-state index is -1.57. The third-order valence-electron chi connectivity index (χ3n) is 6.93. The number of pyridine rings is 1. The number of aromatic amines is 1. The van der Waals surface area contributed by atoms with Crippen LogP contribution in [0, 0.1) is 6.92 Å². The van der Waals surface area contributed by atoms with Crippen LogP contribution in [0.25, 0.3) is 50.1 Å². The van der Waals surface area contributed by atoms with Crippen molar-refractivity contribution in [3.8, 4) is 39.8 Å². The van der Waals surface area contributed by atoms with Crippen LogP contribution in [-0.2, 0) is 0 Å². The number of ether oxygens (including phenoxy) is 2. The number of nitrogens with zero attached hydrogens (tertiary/aromatic N) is 2. The Morgan fingerprint density at radius 2 is 1.68 bits per heavy atom. The highest BCUT2D eigenvalue weighted by atomic mass is 16.7. The standard InChI is InChI=1S/C29H22BN3O4/c1-17-2-9-28(32-29(17)21-4-3-18-10-11-31-23(18)12-21)33-24(20-6-8-26-27(14-20)37-16-36-26)13-19-5-7-22(30(34)35)15-25(19)33/h2-15,31,34-35H,16H2,1H3. The van der Waals surface area contributed by atoms with Crippen molar-refractivity contribution in [2.75, 3.05) is 6.79 Å². The van der Waals surface area contributed by atoms with E-state index in [2.05, 4.69) is 46.8 Å². The summed E-state index contributed by atoms with van der Waals surface area (Å²) in [5.41, 5.74) is 7.07. The summed E-state index contributed by atoms with van der Waals surface area (Å²) in [4.78, 5) is 8.41. The Kier molecular flexibility index (Phi) is 4.85. The van der Waals surface area contributed by atoms with Crippen LogP contribution in [0.15, 0.2) is 85.1 Å². The van der Waals surface area contributed by atoms with E-state index in [9.17, 15) is 10.0 Å². The maximum atomic E-state index is 9.87. The molecule has 0 saturated carbocycles. The molecule has 37 heavy (non-hydrogen) atoms. The summed E-state index contributed by atoms with van der Waals surface area (Å²) < 4.78 is 13.2. The van der Waals surface area contributed by atoms with Gasteiger partial charge < -0.3 is 24.5 Å². The molecule has 0 aliphatic carbocycles. The number of hydrogen-bond donors (Lipinski definition) is 3. The molecule has 0 bridgehead atoms. The van der Waals surface area contributed by atoms with Gasteiger partial charge in [-0.3, -0.25) is 4.57 Å². The first-order valence-corrected chi connectivity index (χ1v) is 12.0. The minimum absolute atomic E-state index is 0.202. The van der Waals surface area contributed by atoms with Crippen molar-refractivity contribution in [2.45, 2.75) is 6.92 Å². The van der Waals surface area contributed by atoms with Gasteiger partial charge in [-0.1, -0.05) is 30.3 Å². The van der Waals surface area contributed by atoms with Crippen molar-refractivity contribution in [3.05, 3.63) is 90.6 Å². The molecule has 0 radical (unpaired) electrons. The molecule has 7 nitrogen and oxygen atoms in total. The fourth-order valence-corrected chi connectivity index (χ4v) is 5.02. The second-order valence-corrected chi connectivity index (χ2v) is 9.24. The molecule has 0 unspecified atom stereocenters. The van der Waals surface area contributed by atoms with E-state index in [4.69, 9.17) is 14.5 Å². The monoisotopic (exact) mass is 487 g/mol. The number of aromatic nitrogens is 3. The number of rotatable bonds is 4. The van der Waals surface area contributed by atoms with E-state index in [1.807, 2.05) is 42.6 Å². The van der Waals surface area contributed by atoms with Crippen LogP contribution in [0.3, 0.4) is 0 Å². The third kappa shape index (κ3) is 3.57. The highest BCUT2D eigenvalue weighted by molar-refractivity contribution is 6.58. The van der Waals surface area contributed by atoms with E-state index >= 15 is 0 Å². The Hall–Kier alpha value is -4.53. The van der Waals surface area contributed by atoms with Gasteiger partial charge >= 0.3 is 7.12 Å². The molecule has 0 spiro atoms. The van der Waals surface area contributed by atoms with Gasteiger partial charge in [0.1, 0.15) is 5.82 Å². The summed E-state index contributed by atoms with van der Waals surface area (Å²) in [5, 5.41) is 21.8. The summed E-state index contributed by atoms with van der Waals surface area (Å²) >= 11 is 0. The summed E-state index contributed by atoms with van der Waals surface area (Å²) in [7, 11) is -1.57. The zero-order chi connectivity index (χ0) is 25.1. The van der Waals surface area contributed by atoms with Gasteiger partial charge in [0, 0.05) is 28.2 Å². The molecule has 3 N–H and O–H groups in total. The average molecular weight is 487 g/mol. The van der Waals surface area contributed by atoms with E-state index in [0.29, 0.717) is 17.0 Å². The van der Waals surface area contributed by atoms with Gasteiger partial charge in [-0.25, -0.2) is 4.98 Å². The molecular formula is C29H22BN3O4. The van der Waals surface area contributed by atoms with Gasteiger partial charge in [-0.05, 0) is 71.9 Å². The lowest BCUT2D eigenvalue weighted by atomic mass is 9.80. The van der Waals surface area contributed by atoms with Crippen LogP contribution in [0.4, 0.5) is 0 Å². The predicted octanol–water partition coefficient (Wildman–Crippen LogP) is 4.56. The Balaban J connectivity index is 1.47. The Labute approximate surface area is 212 Å². The normalized spacial score (nSPS) is 12.5. The average Bonchev–Trinajstić information content (AvgIpc) is 3.65. The Morgan fingerprint density at radius 1 is 0.838 bits per heavy atom. The molecule has 4 heterocycles. The fourth-order valence-electron chi connectivity index (χ4n) is 5.02. The molecule has 180 valence electrons. The summed E-state index contributed by atoms with van der Waals surface area (Å²) in [6, 6.07) is 25.7. The van der Waals surface area contributed by atoms with Crippen LogP contribution in [0.5, 0.6) is 11.5 Å². The highest BCUT2D eigenvalue weighted by Crippen LogP contribution is 2.39. The fraction of sp³-hybridized carbons (Fsp3) is 0.0690. The van der Waals surface area contributed by atoms with E-state index in [1.54, 1.807) is 12.1 Å². The maximum absolute atomic E-state index is 9.87. The lowest BCUT2D eigenvalue weighted by Gasteiger charge is -2.14. The zero-order valence-corrected chi connectivity index (χ0v) is 20.0. The molecule has 1 aliphatic heterocycles. The van der Waals surface area contributed by atoms with E-state index in [-0.39, 0.29) is 6.79 Å². The Morgan fingerprint density at radius 3 is 2.57 bits per heavy atom. The number of nitrogens with one attached hydrogen (secondary N) is 1. The Bertz CT molecular complexity index is 1820. The van der Waals surface area contributed by atoms with Crippen LogP contribution < -0.4 is 14.9 Å². The van der Waals surface area contributed by atoms with Gasteiger partial charge in [-0.15, -0.1) is 0 Å². The van der Waals surface area contributed by atoms with Gasteiger partial charge in [-0.2, -0.15) is 0 Å². The van der Waals surface area contributed by atoms with Gasteiger partial charge in [0.25, 0.3) is 0 Å². The lowest BCUT2D eigenvalue weighted by Crippen LogP contribution is -2.29. The molecule has 8 heteroatoms. The molecule has 3 aromatic heterocycles. The van der Waals surface area contributed by atoms with Crippen molar-refractivity contribution >= 4 is 34.4 Å². The third-order valence-corrected chi connectivity index (χ3v) is 6.93. The van der Waals surface area contributed by atoms with Crippen molar-refractivity contribution in [1.29, 1.82) is 0 Å². The van der Waals surface area contributed by atoms with Gasteiger partial charge in [0.2, 0.25) is 6.79 Å². The molecule has 3 aromatic carbocycles. The van der Waals surface area contributed by atoms with E-state index in [1.165, 1.54) is 0 Å². The molecule has 0 fully saturated rings. The van der Waals surface area contributed by atoms with Crippen LogP contribution >= 0.6 is 0 Å². The summed E-state index contributed by atoms with van der Waals surface area (Å²) in [5.74, 6) is 2.13. The molecule has 0 atom stereocenters. The first kappa shape index (κ1) is 21.7. The van der Waals surface area contributed by atoms with Gasteiger partial charge in [0.15, 0.2) is 11.5 Å². The van der Waals surface area contributed by atoms with Crippen molar-refractivity contribution in [1.82, 2.24) is 14.5 Å². The summed E-state index contributed by atoms with van der Waals surface area (Å²) in [6.45, 7) is 2.26. The number of fused-ring (bicyclic) bond motifs is 3. The topological polar surface area (TPSA) is 92.5 Å². The zero-order valence-electron chi connectivity index (χ0n) is 20.0. The minimum Gasteiger partial charge on any atom is -0.454 e. The van der Waals surface area contributed by atoms with Gasteiger partial charge in [0.05, 0.1) is 16.9 Å². The lowest BCUT2D eigenvalue weighted by molar-refractivity contribution is 0.174. The second-order valence-electron chi connectivity index (χ2n) is 9.24. The van der Waals surface area contributed by atoms with Crippen LogP contribution in [0.1, 0.15) is 5.56 Å². The predicted molar refractivity (Wildman–Crippen MR) is 144 cm³/mol. The van der Waals surface area contributed by atoms with Crippen molar-refractivity contribution < 1.29 is 19.5 Å². The summed E-state index contributed by atoms with van der Waals surface area (Å²) in [6.07, 6.45) is 1.93. The number of H-pyrrole nitrogens is 1. The second kappa shape index (κ2) is 8.26. The number of aryl methyl sites for hydroxylation is 1. The van der Waals surface area contributed by atoms with E-state index in [0.717, 1.165) is 55.7 Å². The SMILES string of the molecule is Cc1ccc(-n2c(-c3ccc4c(c3)OCO4)cc3ccc(B(O)O)cc32)nc1-c1ccc2cc[nH]c2c1. The molecular weight excluding hydrogens is 465 g/mol. The van der Waals surface area contributed by atoms with Crippen LogP contribution in [-0.4, -0.2) is 38.5 Å². The highest BCUT2D eigenvalue weighted by Gasteiger charge is 2.21. The smallest absolute Gasteiger partial charge is 0.454 e.